The largest absolute Gasteiger partial charge is 0.371 e. The van der Waals surface area contributed by atoms with Crippen molar-refractivity contribution in [2.75, 3.05) is 10.8 Å². The van der Waals surface area contributed by atoms with Crippen LogP contribution in [0.25, 0.3) is 0 Å². The zero-order valence-corrected chi connectivity index (χ0v) is 12.2. The van der Waals surface area contributed by atoms with Crippen molar-refractivity contribution >= 4 is 34.1 Å². The molecule has 0 amide bonds. The van der Waals surface area contributed by atoms with E-state index in [1.54, 1.807) is 16.8 Å². The van der Waals surface area contributed by atoms with Crippen molar-refractivity contribution < 1.29 is 5.11 Å². The highest BCUT2D eigenvalue weighted by Crippen LogP contribution is 2.27. The lowest BCUT2D eigenvalue weighted by molar-refractivity contribution is 0.193. The van der Waals surface area contributed by atoms with Gasteiger partial charge in [0.25, 0.3) is 0 Å². The standard InChI is InChI=1S/C15H13ClN2OS/c16-12-8-6-11(7-9-12)15-17-18(14(19)10-20-15)13-4-2-1-3-5-13/h1-9,14,19H,10H2. The van der Waals surface area contributed by atoms with Gasteiger partial charge in [0.2, 0.25) is 0 Å². The lowest BCUT2D eigenvalue weighted by atomic mass is 10.2. The van der Waals surface area contributed by atoms with Gasteiger partial charge in [-0.25, -0.2) is 5.01 Å². The van der Waals surface area contributed by atoms with Gasteiger partial charge in [0.1, 0.15) is 5.04 Å². The smallest absolute Gasteiger partial charge is 0.157 e. The van der Waals surface area contributed by atoms with E-state index in [1.165, 1.54) is 0 Å². The number of aliphatic hydroxyl groups excluding tert-OH is 1. The normalized spacial score (nSPS) is 18.8. The van der Waals surface area contributed by atoms with E-state index in [4.69, 9.17) is 11.6 Å². The number of hydrogen-bond acceptors (Lipinski definition) is 4. The van der Waals surface area contributed by atoms with E-state index in [9.17, 15) is 5.11 Å². The highest BCUT2D eigenvalue weighted by molar-refractivity contribution is 8.14. The molecule has 3 nitrogen and oxygen atoms in total. The molecule has 0 saturated heterocycles. The fourth-order valence-corrected chi connectivity index (χ4v) is 2.98. The Morgan fingerprint density at radius 1 is 1.10 bits per heavy atom. The number of hydrazone groups is 1. The first-order valence-electron chi connectivity index (χ1n) is 6.24. The van der Waals surface area contributed by atoms with E-state index in [0.717, 1.165) is 16.3 Å². The fraction of sp³-hybridized carbons (Fsp3) is 0.133. The minimum Gasteiger partial charge on any atom is -0.371 e. The highest BCUT2D eigenvalue weighted by atomic mass is 35.5. The maximum absolute atomic E-state index is 10.1. The summed E-state index contributed by atoms with van der Waals surface area (Å²) < 4.78 is 0. The van der Waals surface area contributed by atoms with Gasteiger partial charge in [-0.3, -0.25) is 0 Å². The monoisotopic (exact) mass is 304 g/mol. The van der Waals surface area contributed by atoms with Gasteiger partial charge in [-0.2, -0.15) is 5.10 Å². The molecular weight excluding hydrogens is 292 g/mol. The van der Waals surface area contributed by atoms with Gasteiger partial charge in [0.05, 0.1) is 5.69 Å². The molecule has 1 aliphatic rings. The zero-order valence-electron chi connectivity index (χ0n) is 10.6. The minimum absolute atomic E-state index is 0.580. The van der Waals surface area contributed by atoms with Crippen molar-refractivity contribution in [3.8, 4) is 0 Å². The van der Waals surface area contributed by atoms with Crippen LogP contribution in [-0.4, -0.2) is 22.1 Å². The van der Waals surface area contributed by atoms with Crippen molar-refractivity contribution in [2.45, 2.75) is 6.23 Å². The Morgan fingerprint density at radius 2 is 1.80 bits per heavy atom. The van der Waals surface area contributed by atoms with E-state index < -0.39 is 6.23 Å². The maximum atomic E-state index is 10.1. The number of para-hydroxylation sites is 1. The van der Waals surface area contributed by atoms with Crippen LogP contribution in [0.4, 0.5) is 5.69 Å². The minimum atomic E-state index is -0.613. The third kappa shape index (κ3) is 2.82. The number of benzene rings is 2. The molecule has 2 aromatic rings. The Balaban J connectivity index is 1.94. The molecule has 1 N–H and O–H groups in total. The third-order valence-corrected chi connectivity index (χ3v) is 4.27. The summed E-state index contributed by atoms with van der Waals surface area (Å²) in [6.07, 6.45) is -0.613. The van der Waals surface area contributed by atoms with Gasteiger partial charge >= 0.3 is 0 Å². The summed E-state index contributed by atoms with van der Waals surface area (Å²) in [5.41, 5.74) is 1.89. The quantitative estimate of drug-likeness (QED) is 0.921. The summed E-state index contributed by atoms with van der Waals surface area (Å²) in [5.74, 6) is 0.580. The number of anilines is 1. The molecule has 0 fully saturated rings. The number of nitrogens with zero attached hydrogens (tertiary/aromatic N) is 2. The highest BCUT2D eigenvalue weighted by Gasteiger charge is 2.23. The zero-order chi connectivity index (χ0) is 13.9. The molecule has 2 aromatic carbocycles. The van der Waals surface area contributed by atoms with Crippen LogP contribution >= 0.6 is 23.4 Å². The van der Waals surface area contributed by atoms with Gasteiger partial charge < -0.3 is 5.11 Å². The molecule has 0 radical (unpaired) electrons. The summed E-state index contributed by atoms with van der Waals surface area (Å²) in [6, 6.07) is 17.2. The fourth-order valence-electron chi connectivity index (χ4n) is 1.96. The van der Waals surface area contributed by atoms with Crippen LogP contribution in [-0.2, 0) is 0 Å². The molecule has 1 aliphatic heterocycles. The van der Waals surface area contributed by atoms with Crippen molar-refractivity contribution in [3.05, 3.63) is 65.2 Å². The SMILES string of the molecule is OC1CSC(c2ccc(Cl)cc2)=NN1c1ccccc1. The molecule has 0 bridgehead atoms. The Hall–Kier alpha value is -1.49. The lowest BCUT2D eigenvalue weighted by Crippen LogP contribution is -2.37. The number of thioether (sulfide) groups is 1. The van der Waals surface area contributed by atoms with E-state index >= 15 is 0 Å². The summed E-state index contributed by atoms with van der Waals surface area (Å²) in [6.45, 7) is 0. The first-order valence-corrected chi connectivity index (χ1v) is 7.60. The molecule has 0 spiro atoms. The molecule has 1 unspecified atom stereocenters. The van der Waals surface area contributed by atoms with Crippen molar-refractivity contribution in [1.29, 1.82) is 0 Å². The van der Waals surface area contributed by atoms with Gasteiger partial charge in [0, 0.05) is 16.3 Å². The summed E-state index contributed by atoms with van der Waals surface area (Å²) in [4.78, 5) is 0. The van der Waals surface area contributed by atoms with Crippen molar-refractivity contribution in [1.82, 2.24) is 0 Å². The van der Waals surface area contributed by atoms with E-state index in [-0.39, 0.29) is 0 Å². The topological polar surface area (TPSA) is 35.8 Å². The molecule has 20 heavy (non-hydrogen) atoms. The number of rotatable bonds is 2. The second-order valence-corrected chi connectivity index (χ2v) is 5.83. The van der Waals surface area contributed by atoms with Gasteiger partial charge in [-0.1, -0.05) is 53.7 Å². The molecule has 5 heteroatoms. The second-order valence-electron chi connectivity index (χ2n) is 4.38. The van der Waals surface area contributed by atoms with Gasteiger partial charge in [0.15, 0.2) is 6.23 Å². The Kier molecular flexibility index (Phi) is 3.96. The lowest BCUT2D eigenvalue weighted by Gasteiger charge is -2.29. The van der Waals surface area contributed by atoms with Gasteiger partial charge in [-0.15, -0.1) is 0 Å². The number of halogens is 1. The van der Waals surface area contributed by atoms with Crippen molar-refractivity contribution in [2.24, 2.45) is 5.10 Å². The van der Waals surface area contributed by atoms with E-state index in [1.807, 2.05) is 54.6 Å². The van der Waals surface area contributed by atoms with Crippen LogP contribution in [0.2, 0.25) is 5.02 Å². The second kappa shape index (κ2) is 5.87. The molecule has 0 saturated carbocycles. The van der Waals surface area contributed by atoms with E-state index in [2.05, 4.69) is 5.10 Å². The van der Waals surface area contributed by atoms with Crippen LogP contribution < -0.4 is 5.01 Å². The molecule has 102 valence electrons. The van der Waals surface area contributed by atoms with E-state index in [0.29, 0.717) is 10.8 Å². The molecule has 0 aromatic heterocycles. The number of aliphatic hydroxyl groups is 1. The first kappa shape index (κ1) is 13.5. The van der Waals surface area contributed by atoms with Crippen LogP contribution in [0.5, 0.6) is 0 Å². The van der Waals surface area contributed by atoms with Crippen LogP contribution in [0.1, 0.15) is 5.56 Å². The molecule has 0 aliphatic carbocycles. The predicted octanol–water partition coefficient (Wildman–Crippen LogP) is 3.57. The Labute approximate surface area is 126 Å². The maximum Gasteiger partial charge on any atom is 0.157 e. The van der Waals surface area contributed by atoms with Crippen LogP contribution in [0, 0.1) is 0 Å². The summed E-state index contributed by atoms with van der Waals surface area (Å²) in [7, 11) is 0. The molecule has 1 atom stereocenters. The summed E-state index contributed by atoms with van der Waals surface area (Å²) >= 11 is 7.45. The predicted molar refractivity (Wildman–Crippen MR) is 85.4 cm³/mol. The van der Waals surface area contributed by atoms with Gasteiger partial charge in [-0.05, 0) is 24.3 Å². The Morgan fingerprint density at radius 3 is 2.50 bits per heavy atom. The molecular formula is C15H13ClN2OS. The number of hydrogen-bond donors (Lipinski definition) is 1. The Bertz CT molecular complexity index is 616. The third-order valence-electron chi connectivity index (χ3n) is 2.96. The molecule has 1 heterocycles. The average Bonchev–Trinajstić information content (AvgIpc) is 2.50. The first-order chi connectivity index (χ1) is 9.74. The van der Waals surface area contributed by atoms with Crippen LogP contribution in [0.15, 0.2) is 59.7 Å². The summed E-state index contributed by atoms with van der Waals surface area (Å²) in [5, 5.41) is 17.9. The van der Waals surface area contributed by atoms with Crippen molar-refractivity contribution in [3.63, 3.8) is 0 Å². The molecule has 3 rings (SSSR count). The average molecular weight is 305 g/mol. The van der Waals surface area contributed by atoms with Crippen LogP contribution in [0.3, 0.4) is 0 Å².